The zero-order valence-electron chi connectivity index (χ0n) is 14.8. The Morgan fingerprint density at radius 3 is 2.42 bits per heavy atom. The van der Waals surface area contributed by atoms with E-state index in [9.17, 15) is 13.6 Å². The largest absolute Gasteiger partial charge is 0.335 e. The summed E-state index contributed by atoms with van der Waals surface area (Å²) in [6, 6.07) is 5.14. The van der Waals surface area contributed by atoms with Gasteiger partial charge in [-0.05, 0) is 31.7 Å². The Kier molecular flexibility index (Phi) is 5.41. The molecule has 8 heteroatoms. The smallest absolute Gasteiger partial charge is 0.272 e. The molecule has 1 saturated heterocycles. The van der Waals surface area contributed by atoms with Gasteiger partial charge in [-0.15, -0.1) is 0 Å². The number of amides is 1. The zero-order valence-corrected chi connectivity index (χ0v) is 14.8. The molecule has 0 unspecified atom stereocenters. The van der Waals surface area contributed by atoms with Gasteiger partial charge in [-0.2, -0.15) is 0 Å². The van der Waals surface area contributed by atoms with Crippen LogP contribution in [0.4, 0.5) is 20.4 Å². The van der Waals surface area contributed by atoms with Gasteiger partial charge in [0.15, 0.2) is 0 Å². The van der Waals surface area contributed by atoms with E-state index in [-0.39, 0.29) is 23.2 Å². The number of anilines is 2. The lowest BCUT2D eigenvalue weighted by molar-refractivity contribution is 0.0637. The molecule has 0 aliphatic carbocycles. The maximum absolute atomic E-state index is 13.8. The molecule has 3 rings (SSSR count). The predicted molar refractivity (Wildman–Crippen MR) is 94.4 cm³/mol. The number of likely N-dealkylation sites (N-methyl/N-ethyl adjacent to an activating group) is 1. The van der Waals surface area contributed by atoms with Crippen LogP contribution < -0.4 is 5.32 Å². The van der Waals surface area contributed by atoms with Crippen molar-refractivity contribution in [3.63, 3.8) is 0 Å². The number of aromatic nitrogens is 2. The lowest BCUT2D eigenvalue weighted by atomic mass is 10.2. The molecule has 0 spiro atoms. The second-order valence-corrected chi connectivity index (χ2v) is 6.17. The number of rotatable bonds is 4. The van der Waals surface area contributed by atoms with E-state index in [1.165, 1.54) is 6.07 Å². The van der Waals surface area contributed by atoms with Gasteiger partial charge < -0.3 is 15.1 Å². The van der Waals surface area contributed by atoms with Crippen molar-refractivity contribution in [2.45, 2.75) is 13.8 Å². The van der Waals surface area contributed by atoms with Gasteiger partial charge in [-0.1, -0.05) is 13.0 Å². The van der Waals surface area contributed by atoms with E-state index >= 15 is 0 Å². The fourth-order valence-corrected chi connectivity index (χ4v) is 2.89. The van der Waals surface area contributed by atoms with Gasteiger partial charge in [-0.25, -0.2) is 18.7 Å². The standard InChI is InChI=1S/C18H21F2N5O/c1-3-24-7-9-25(10-8-24)17(26)15-11-12(2)21-18(22-15)23-16-13(19)5-4-6-14(16)20/h4-6,11H,3,7-10H2,1-2H3,(H,21,22,23). The molecule has 1 aliphatic heterocycles. The summed E-state index contributed by atoms with van der Waals surface area (Å²) >= 11 is 0. The van der Waals surface area contributed by atoms with Crippen LogP contribution in [-0.2, 0) is 0 Å². The quantitative estimate of drug-likeness (QED) is 0.907. The highest BCUT2D eigenvalue weighted by Gasteiger charge is 2.23. The van der Waals surface area contributed by atoms with Gasteiger partial charge >= 0.3 is 0 Å². The minimum absolute atomic E-state index is 0.00968. The van der Waals surface area contributed by atoms with Crippen LogP contribution in [0, 0.1) is 18.6 Å². The number of hydrogen-bond donors (Lipinski definition) is 1. The Labute approximate surface area is 150 Å². The van der Waals surface area contributed by atoms with Crippen molar-refractivity contribution < 1.29 is 13.6 Å². The minimum atomic E-state index is -0.751. The van der Waals surface area contributed by atoms with Crippen LogP contribution in [0.2, 0.25) is 0 Å². The van der Waals surface area contributed by atoms with Crippen LogP contribution in [0.15, 0.2) is 24.3 Å². The van der Waals surface area contributed by atoms with Crippen molar-refractivity contribution in [3.05, 3.63) is 47.3 Å². The summed E-state index contributed by atoms with van der Waals surface area (Å²) in [6.07, 6.45) is 0. The second kappa shape index (κ2) is 7.74. The number of para-hydroxylation sites is 1. The van der Waals surface area contributed by atoms with Gasteiger partial charge in [0.05, 0.1) is 0 Å². The highest BCUT2D eigenvalue weighted by Crippen LogP contribution is 2.22. The van der Waals surface area contributed by atoms with Crippen LogP contribution in [-0.4, -0.2) is 58.4 Å². The average Bonchev–Trinajstić information content (AvgIpc) is 2.64. The first-order valence-electron chi connectivity index (χ1n) is 8.56. The molecule has 0 atom stereocenters. The molecule has 1 fully saturated rings. The Morgan fingerprint density at radius 2 is 1.81 bits per heavy atom. The average molecular weight is 361 g/mol. The number of piperazine rings is 1. The van der Waals surface area contributed by atoms with Crippen molar-refractivity contribution in [2.24, 2.45) is 0 Å². The summed E-state index contributed by atoms with van der Waals surface area (Å²) in [7, 11) is 0. The summed E-state index contributed by atoms with van der Waals surface area (Å²) in [4.78, 5) is 25.0. The molecule has 6 nitrogen and oxygen atoms in total. The first-order valence-corrected chi connectivity index (χ1v) is 8.56. The van der Waals surface area contributed by atoms with Crippen molar-refractivity contribution in [1.29, 1.82) is 0 Å². The molecule has 1 N–H and O–H groups in total. The SMILES string of the molecule is CCN1CCN(C(=O)c2cc(C)nc(Nc3c(F)cccc3F)n2)CC1. The molecule has 0 saturated carbocycles. The summed E-state index contributed by atoms with van der Waals surface area (Å²) < 4.78 is 27.6. The van der Waals surface area contributed by atoms with E-state index in [1.54, 1.807) is 17.9 Å². The van der Waals surface area contributed by atoms with Gasteiger partial charge in [-0.3, -0.25) is 4.79 Å². The number of halogens is 2. The molecule has 0 bridgehead atoms. The summed E-state index contributed by atoms with van der Waals surface area (Å²) in [5.41, 5.74) is 0.407. The number of nitrogens with zero attached hydrogens (tertiary/aromatic N) is 4. The van der Waals surface area contributed by atoms with Gasteiger partial charge in [0, 0.05) is 31.9 Å². The molecule has 2 heterocycles. The van der Waals surface area contributed by atoms with Gasteiger partial charge in [0.1, 0.15) is 23.0 Å². The molecule has 1 aliphatic rings. The molecule has 26 heavy (non-hydrogen) atoms. The fourth-order valence-electron chi connectivity index (χ4n) is 2.89. The maximum Gasteiger partial charge on any atom is 0.272 e. The third-order valence-electron chi connectivity index (χ3n) is 4.38. The third-order valence-corrected chi connectivity index (χ3v) is 4.38. The molecule has 138 valence electrons. The molecule has 1 aromatic carbocycles. The minimum Gasteiger partial charge on any atom is -0.335 e. The van der Waals surface area contributed by atoms with E-state index in [4.69, 9.17) is 0 Å². The highest BCUT2D eigenvalue weighted by molar-refractivity contribution is 5.92. The Morgan fingerprint density at radius 1 is 1.15 bits per heavy atom. The normalized spacial score (nSPS) is 15.2. The number of aryl methyl sites for hydroxylation is 1. The summed E-state index contributed by atoms with van der Waals surface area (Å²) in [5, 5.41) is 2.54. The number of benzene rings is 1. The molecular weight excluding hydrogens is 340 g/mol. The number of hydrogen-bond acceptors (Lipinski definition) is 5. The van der Waals surface area contributed by atoms with Crippen LogP contribution >= 0.6 is 0 Å². The second-order valence-electron chi connectivity index (χ2n) is 6.17. The van der Waals surface area contributed by atoms with Crippen LogP contribution in [0.5, 0.6) is 0 Å². The fraction of sp³-hybridized carbons (Fsp3) is 0.389. The number of carbonyl (C=O) groups is 1. The van der Waals surface area contributed by atoms with E-state index in [1.807, 2.05) is 0 Å². The van der Waals surface area contributed by atoms with Crippen molar-refractivity contribution in [3.8, 4) is 0 Å². The van der Waals surface area contributed by atoms with Crippen LogP contribution in [0.1, 0.15) is 23.1 Å². The number of nitrogens with one attached hydrogen (secondary N) is 1. The topological polar surface area (TPSA) is 61.4 Å². The van der Waals surface area contributed by atoms with Crippen molar-refractivity contribution in [2.75, 3.05) is 38.0 Å². The Balaban J connectivity index is 1.80. The molecule has 2 aromatic rings. The van der Waals surface area contributed by atoms with E-state index < -0.39 is 11.6 Å². The predicted octanol–water partition coefficient (Wildman–Crippen LogP) is 2.58. The lowest BCUT2D eigenvalue weighted by Crippen LogP contribution is -2.48. The van der Waals surface area contributed by atoms with E-state index in [0.717, 1.165) is 31.8 Å². The van der Waals surface area contributed by atoms with Crippen LogP contribution in [0.3, 0.4) is 0 Å². The zero-order chi connectivity index (χ0) is 18.7. The Hall–Kier alpha value is -2.61. The highest BCUT2D eigenvalue weighted by atomic mass is 19.1. The van der Waals surface area contributed by atoms with Crippen LogP contribution in [0.25, 0.3) is 0 Å². The molecule has 1 amide bonds. The monoisotopic (exact) mass is 361 g/mol. The maximum atomic E-state index is 13.8. The van der Waals surface area contributed by atoms with E-state index in [2.05, 4.69) is 27.1 Å². The van der Waals surface area contributed by atoms with Crippen molar-refractivity contribution in [1.82, 2.24) is 19.8 Å². The first kappa shape index (κ1) is 18.2. The third kappa shape index (κ3) is 3.96. The van der Waals surface area contributed by atoms with Crippen molar-refractivity contribution >= 4 is 17.5 Å². The Bertz CT molecular complexity index is 786. The van der Waals surface area contributed by atoms with Gasteiger partial charge in [0.25, 0.3) is 5.91 Å². The molecule has 1 aromatic heterocycles. The summed E-state index contributed by atoms with van der Waals surface area (Å²) in [6.45, 7) is 7.63. The first-order chi connectivity index (χ1) is 12.5. The lowest BCUT2D eigenvalue weighted by Gasteiger charge is -2.33. The summed E-state index contributed by atoms with van der Waals surface area (Å²) in [5.74, 6) is -1.72. The van der Waals surface area contributed by atoms with Gasteiger partial charge in [0.2, 0.25) is 5.95 Å². The molecular formula is C18H21F2N5O. The number of carbonyl (C=O) groups excluding carboxylic acids is 1. The molecule has 0 radical (unpaired) electrons. The van der Waals surface area contributed by atoms with E-state index in [0.29, 0.717) is 18.8 Å².